The molecule has 7 nitrogen and oxygen atoms in total. The molecule has 3 N–H and O–H groups in total. The van der Waals surface area contributed by atoms with Crippen molar-refractivity contribution in [2.75, 3.05) is 27.3 Å². The molecule has 1 heterocycles. The Balaban J connectivity index is 0.00000338. The lowest BCUT2D eigenvalue weighted by atomic mass is 10.0. The van der Waals surface area contributed by atoms with Gasteiger partial charge in [-0.1, -0.05) is 13.8 Å². The van der Waals surface area contributed by atoms with Gasteiger partial charge in [-0.25, -0.2) is 0 Å². The lowest BCUT2D eigenvalue weighted by Gasteiger charge is -2.23. The van der Waals surface area contributed by atoms with Gasteiger partial charge in [-0.05, 0) is 31.0 Å². The highest BCUT2D eigenvalue weighted by Crippen LogP contribution is 2.22. The Morgan fingerprint density at radius 3 is 2.23 bits per heavy atom. The average molecular weight is 386 g/mol. The van der Waals surface area contributed by atoms with E-state index in [1.165, 1.54) is 14.2 Å². The number of hydrogen-bond acceptors (Lipinski definition) is 5. The third kappa shape index (κ3) is 5.78. The van der Waals surface area contributed by atoms with Gasteiger partial charge in [-0.2, -0.15) is 0 Å². The molecular weight excluding hydrogens is 358 g/mol. The predicted molar refractivity (Wildman–Crippen MR) is 102 cm³/mol. The zero-order valence-electron chi connectivity index (χ0n) is 15.6. The summed E-state index contributed by atoms with van der Waals surface area (Å²) in [6, 6.07) is 4.44. The van der Waals surface area contributed by atoms with E-state index in [-0.39, 0.29) is 36.2 Å². The van der Waals surface area contributed by atoms with E-state index in [0.717, 1.165) is 19.5 Å². The first-order valence-corrected chi connectivity index (χ1v) is 8.49. The van der Waals surface area contributed by atoms with E-state index in [2.05, 4.69) is 16.0 Å². The Labute approximate surface area is 160 Å². The first kappa shape index (κ1) is 22.1. The SMILES string of the molecule is COc1cc(OC)cc(C(=O)NC(C(=O)NC2CCNC2)C(C)C)c1.Cl. The molecule has 146 valence electrons. The van der Waals surface area contributed by atoms with Gasteiger partial charge in [0.05, 0.1) is 14.2 Å². The Morgan fingerprint density at radius 1 is 1.15 bits per heavy atom. The molecule has 1 aliphatic heterocycles. The third-order valence-corrected chi connectivity index (χ3v) is 4.26. The zero-order chi connectivity index (χ0) is 18.4. The second-order valence-corrected chi connectivity index (χ2v) is 6.49. The van der Waals surface area contributed by atoms with Crippen LogP contribution < -0.4 is 25.4 Å². The zero-order valence-corrected chi connectivity index (χ0v) is 16.4. The second kappa shape index (κ2) is 10.2. The molecule has 1 fully saturated rings. The Bertz CT molecular complexity index is 596. The number of halogens is 1. The molecule has 0 aromatic heterocycles. The minimum absolute atomic E-state index is 0. The van der Waals surface area contributed by atoms with Crippen molar-refractivity contribution in [2.24, 2.45) is 5.92 Å². The number of hydrogen-bond donors (Lipinski definition) is 3. The van der Waals surface area contributed by atoms with E-state index in [1.807, 2.05) is 13.8 Å². The summed E-state index contributed by atoms with van der Waals surface area (Å²) < 4.78 is 10.4. The van der Waals surface area contributed by atoms with Crippen molar-refractivity contribution in [1.29, 1.82) is 0 Å². The van der Waals surface area contributed by atoms with E-state index in [9.17, 15) is 9.59 Å². The van der Waals surface area contributed by atoms with Gasteiger partial charge in [-0.15, -0.1) is 12.4 Å². The summed E-state index contributed by atoms with van der Waals surface area (Å²) >= 11 is 0. The normalized spacial score (nSPS) is 17.2. The quantitative estimate of drug-likeness (QED) is 0.659. The fourth-order valence-corrected chi connectivity index (χ4v) is 2.77. The second-order valence-electron chi connectivity index (χ2n) is 6.49. The molecule has 8 heteroatoms. The standard InChI is InChI=1S/C18H27N3O4.ClH/c1-11(2)16(18(23)20-13-5-6-19-10-13)21-17(22)12-7-14(24-3)9-15(8-12)25-4;/h7-9,11,13,16,19H,5-6,10H2,1-4H3,(H,20,23)(H,21,22);1H. The topological polar surface area (TPSA) is 88.7 Å². The highest BCUT2D eigenvalue weighted by molar-refractivity contribution is 5.98. The van der Waals surface area contributed by atoms with Gasteiger partial charge in [0.1, 0.15) is 17.5 Å². The number of carbonyl (C=O) groups excluding carboxylic acids is 2. The van der Waals surface area contributed by atoms with E-state index in [4.69, 9.17) is 9.47 Å². The molecule has 1 aliphatic rings. The molecule has 1 saturated heterocycles. The van der Waals surface area contributed by atoms with Crippen LogP contribution in [0.5, 0.6) is 11.5 Å². The van der Waals surface area contributed by atoms with Gasteiger partial charge in [0, 0.05) is 24.2 Å². The molecule has 26 heavy (non-hydrogen) atoms. The van der Waals surface area contributed by atoms with Crippen LogP contribution in [0.1, 0.15) is 30.6 Å². The molecular formula is C18H28ClN3O4. The van der Waals surface area contributed by atoms with Gasteiger partial charge in [0.25, 0.3) is 5.91 Å². The van der Waals surface area contributed by atoms with E-state index in [0.29, 0.717) is 17.1 Å². The molecule has 0 radical (unpaired) electrons. The number of amides is 2. The maximum Gasteiger partial charge on any atom is 0.252 e. The van der Waals surface area contributed by atoms with Crippen molar-refractivity contribution >= 4 is 24.2 Å². The van der Waals surface area contributed by atoms with Crippen molar-refractivity contribution in [3.8, 4) is 11.5 Å². The number of ether oxygens (including phenoxy) is 2. The molecule has 0 bridgehead atoms. The fourth-order valence-electron chi connectivity index (χ4n) is 2.77. The minimum atomic E-state index is -0.606. The van der Waals surface area contributed by atoms with E-state index >= 15 is 0 Å². The summed E-state index contributed by atoms with van der Waals surface area (Å²) in [5, 5.41) is 9.03. The summed E-state index contributed by atoms with van der Waals surface area (Å²) in [7, 11) is 3.05. The molecule has 2 amide bonds. The van der Waals surface area contributed by atoms with Crippen molar-refractivity contribution in [3.63, 3.8) is 0 Å². The van der Waals surface area contributed by atoms with Crippen molar-refractivity contribution < 1.29 is 19.1 Å². The van der Waals surface area contributed by atoms with Crippen LogP contribution >= 0.6 is 12.4 Å². The van der Waals surface area contributed by atoms with E-state index < -0.39 is 6.04 Å². The lowest BCUT2D eigenvalue weighted by Crippen LogP contribution is -2.52. The maximum absolute atomic E-state index is 12.6. The van der Waals surface area contributed by atoms with Crippen LogP contribution in [0.25, 0.3) is 0 Å². The van der Waals surface area contributed by atoms with Gasteiger partial charge in [0.2, 0.25) is 5.91 Å². The summed E-state index contributed by atoms with van der Waals surface area (Å²) in [5.41, 5.74) is 0.386. The number of rotatable bonds is 7. The van der Waals surface area contributed by atoms with Crippen molar-refractivity contribution in [1.82, 2.24) is 16.0 Å². The van der Waals surface area contributed by atoms with Crippen LogP contribution in [0.3, 0.4) is 0 Å². The largest absolute Gasteiger partial charge is 0.497 e. The molecule has 0 saturated carbocycles. The van der Waals surface area contributed by atoms with Gasteiger partial charge >= 0.3 is 0 Å². The number of benzene rings is 1. The number of methoxy groups -OCH3 is 2. The summed E-state index contributed by atoms with van der Waals surface area (Å²) in [6.45, 7) is 5.47. The Morgan fingerprint density at radius 2 is 1.77 bits per heavy atom. The van der Waals surface area contributed by atoms with Gasteiger partial charge in [0.15, 0.2) is 0 Å². The first-order valence-electron chi connectivity index (χ1n) is 8.49. The van der Waals surface area contributed by atoms with Crippen LogP contribution in [-0.2, 0) is 4.79 Å². The van der Waals surface area contributed by atoms with Crippen LogP contribution in [0.15, 0.2) is 18.2 Å². The molecule has 2 unspecified atom stereocenters. The smallest absolute Gasteiger partial charge is 0.252 e. The monoisotopic (exact) mass is 385 g/mol. The van der Waals surface area contributed by atoms with Crippen molar-refractivity contribution in [2.45, 2.75) is 32.4 Å². The highest BCUT2D eigenvalue weighted by atomic mass is 35.5. The average Bonchev–Trinajstić information content (AvgIpc) is 3.11. The molecule has 2 atom stereocenters. The van der Waals surface area contributed by atoms with Crippen LogP contribution in [-0.4, -0.2) is 51.2 Å². The Kier molecular flexibility index (Phi) is 8.68. The van der Waals surface area contributed by atoms with Crippen LogP contribution in [0.2, 0.25) is 0 Å². The third-order valence-electron chi connectivity index (χ3n) is 4.26. The number of carbonyl (C=O) groups is 2. The van der Waals surface area contributed by atoms with Crippen LogP contribution in [0, 0.1) is 5.92 Å². The summed E-state index contributed by atoms with van der Waals surface area (Å²) in [4.78, 5) is 25.2. The minimum Gasteiger partial charge on any atom is -0.497 e. The first-order chi connectivity index (χ1) is 11.9. The highest BCUT2D eigenvalue weighted by Gasteiger charge is 2.27. The molecule has 0 spiro atoms. The summed E-state index contributed by atoms with van der Waals surface area (Å²) in [6.07, 6.45) is 0.900. The van der Waals surface area contributed by atoms with Gasteiger partial charge in [-0.3, -0.25) is 9.59 Å². The summed E-state index contributed by atoms with van der Waals surface area (Å²) in [5.74, 6) is 0.507. The van der Waals surface area contributed by atoms with E-state index in [1.54, 1.807) is 18.2 Å². The predicted octanol–water partition coefficient (Wildman–Crippen LogP) is 1.36. The molecule has 1 aromatic rings. The molecule has 0 aliphatic carbocycles. The van der Waals surface area contributed by atoms with Gasteiger partial charge < -0.3 is 25.4 Å². The number of nitrogens with one attached hydrogen (secondary N) is 3. The van der Waals surface area contributed by atoms with Crippen LogP contribution in [0.4, 0.5) is 0 Å². The fraction of sp³-hybridized carbons (Fsp3) is 0.556. The Hall–Kier alpha value is -1.99. The molecule has 1 aromatic carbocycles. The lowest BCUT2D eigenvalue weighted by molar-refractivity contribution is -0.124. The van der Waals surface area contributed by atoms with Crippen molar-refractivity contribution in [3.05, 3.63) is 23.8 Å². The maximum atomic E-state index is 12.6. The molecule has 2 rings (SSSR count).